The molecule has 1 unspecified atom stereocenters. The molecule has 4 nitrogen and oxygen atoms in total. The minimum absolute atomic E-state index is 0.180. The summed E-state index contributed by atoms with van der Waals surface area (Å²) >= 11 is 1.67. The van der Waals surface area contributed by atoms with E-state index in [4.69, 9.17) is 10.5 Å². The predicted molar refractivity (Wildman–Crippen MR) is 74.2 cm³/mol. The molecule has 0 spiro atoms. The molecule has 5 heteroatoms. The second-order valence-corrected chi connectivity index (χ2v) is 5.05. The fourth-order valence-electron chi connectivity index (χ4n) is 2.07. The minimum Gasteiger partial charge on any atom is -0.493 e. The van der Waals surface area contributed by atoms with E-state index in [-0.39, 0.29) is 6.04 Å². The van der Waals surface area contributed by atoms with Gasteiger partial charge in [-0.1, -0.05) is 6.92 Å². The lowest BCUT2D eigenvalue weighted by atomic mass is 10.0. The number of aromatic nitrogens is 2. The molecule has 0 aliphatic carbocycles. The molecule has 0 aromatic carbocycles. The predicted octanol–water partition coefficient (Wildman–Crippen LogP) is 2.72. The highest BCUT2D eigenvalue weighted by Gasteiger charge is 2.21. The van der Waals surface area contributed by atoms with Gasteiger partial charge in [-0.15, -0.1) is 0 Å². The monoisotopic (exact) mass is 265 g/mol. The van der Waals surface area contributed by atoms with Crippen LogP contribution >= 0.6 is 11.3 Å². The molecule has 0 fully saturated rings. The lowest BCUT2D eigenvalue weighted by Gasteiger charge is -2.15. The van der Waals surface area contributed by atoms with Crippen LogP contribution in [0.4, 0.5) is 0 Å². The van der Waals surface area contributed by atoms with Gasteiger partial charge in [0.15, 0.2) is 5.75 Å². The van der Waals surface area contributed by atoms with Crippen molar-refractivity contribution in [2.45, 2.75) is 32.9 Å². The summed E-state index contributed by atoms with van der Waals surface area (Å²) in [7, 11) is 1.66. The first-order valence-corrected chi connectivity index (χ1v) is 7.01. The summed E-state index contributed by atoms with van der Waals surface area (Å²) in [5, 5.41) is 8.57. The van der Waals surface area contributed by atoms with Gasteiger partial charge in [-0.05, 0) is 35.2 Å². The van der Waals surface area contributed by atoms with E-state index in [0.29, 0.717) is 0 Å². The largest absolute Gasteiger partial charge is 0.493 e. The Hall–Kier alpha value is -1.33. The standard InChI is InChI=1S/C13H19N3OS/c1-4-5-16-13(11(17-3)6-15-16)12(14)10-8-18-7-9(10)2/h6-8,12H,4-5,14H2,1-3H3. The van der Waals surface area contributed by atoms with Crippen molar-refractivity contribution < 1.29 is 4.74 Å². The van der Waals surface area contributed by atoms with Crippen LogP contribution in [0.1, 0.15) is 36.2 Å². The zero-order valence-electron chi connectivity index (χ0n) is 11.0. The Labute approximate surface area is 111 Å². The normalized spacial score (nSPS) is 12.7. The topological polar surface area (TPSA) is 53.1 Å². The van der Waals surface area contributed by atoms with E-state index in [1.807, 2.05) is 4.68 Å². The van der Waals surface area contributed by atoms with Crippen molar-refractivity contribution in [3.8, 4) is 5.75 Å². The summed E-state index contributed by atoms with van der Waals surface area (Å²) in [5.41, 5.74) is 9.71. The highest BCUT2D eigenvalue weighted by atomic mass is 32.1. The maximum absolute atomic E-state index is 6.38. The Morgan fingerprint density at radius 1 is 1.50 bits per heavy atom. The molecular weight excluding hydrogens is 246 g/mol. The second kappa shape index (κ2) is 5.54. The molecule has 1 atom stereocenters. The van der Waals surface area contributed by atoms with Gasteiger partial charge in [0.1, 0.15) is 5.69 Å². The zero-order chi connectivity index (χ0) is 13.1. The Bertz CT molecular complexity index is 518. The van der Waals surface area contributed by atoms with E-state index in [1.165, 1.54) is 5.56 Å². The SMILES string of the molecule is CCCn1ncc(OC)c1C(N)c1cscc1C. The number of thiophene rings is 1. The third-order valence-corrected chi connectivity index (χ3v) is 3.90. The number of nitrogens with two attached hydrogens (primary N) is 1. The smallest absolute Gasteiger partial charge is 0.161 e. The van der Waals surface area contributed by atoms with Gasteiger partial charge in [0, 0.05) is 6.54 Å². The summed E-state index contributed by atoms with van der Waals surface area (Å²) in [6.07, 6.45) is 2.76. The van der Waals surface area contributed by atoms with Gasteiger partial charge >= 0.3 is 0 Å². The fourth-order valence-corrected chi connectivity index (χ4v) is 2.96. The van der Waals surface area contributed by atoms with Crippen LogP contribution in [0, 0.1) is 6.92 Å². The summed E-state index contributed by atoms with van der Waals surface area (Å²) in [4.78, 5) is 0. The molecule has 0 saturated heterocycles. The van der Waals surface area contributed by atoms with Crippen LogP contribution in [0.15, 0.2) is 17.0 Å². The van der Waals surface area contributed by atoms with Crippen LogP contribution in [0.25, 0.3) is 0 Å². The van der Waals surface area contributed by atoms with Crippen molar-refractivity contribution in [2.75, 3.05) is 7.11 Å². The van der Waals surface area contributed by atoms with Crippen LogP contribution in [0.5, 0.6) is 5.75 Å². The molecule has 2 aromatic heterocycles. The average Bonchev–Trinajstić information content (AvgIpc) is 2.95. The molecule has 2 rings (SSSR count). The molecule has 0 saturated carbocycles. The number of rotatable bonds is 5. The van der Waals surface area contributed by atoms with E-state index < -0.39 is 0 Å². The van der Waals surface area contributed by atoms with Gasteiger partial charge < -0.3 is 10.5 Å². The first-order valence-electron chi connectivity index (χ1n) is 6.07. The van der Waals surface area contributed by atoms with Gasteiger partial charge in [0.05, 0.1) is 19.3 Å². The Morgan fingerprint density at radius 2 is 2.28 bits per heavy atom. The summed E-state index contributed by atoms with van der Waals surface area (Å²) in [5.74, 6) is 0.765. The molecule has 0 bridgehead atoms. The first-order chi connectivity index (χ1) is 8.69. The highest BCUT2D eigenvalue weighted by Crippen LogP contribution is 2.31. The van der Waals surface area contributed by atoms with E-state index >= 15 is 0 Å². The molecule has 98 valence electrons. The lowest BCUT2D eigenvalue weighted by molar-refractivity contribution is 0.404. The van der Waals surface area contributed by atoms with E-state index in [2.05, 4.69) is 29.7 Å². The van der Waals surface area contributed by atoms with Gasteiger partial charge in [-0.25, -0.2) is 0 Å². The maximum atomic E-state index is 6.38. The summed E-state index contributed by atoms with van der Waals surface area (Å²) < 4.78 is 7.32. The number of hydrogen-bond acceptors (Lipinski definition) is 4. The zero-order valence-corrected chi connectivity index (χ0v) is 11.8. The maximum Gasteiger partial charge on any atom is 0.161 e. The van der Waals surface area contributed by atoms with Crippen LogP contribution < -0.4 is 10.5 Å². The van der Waals surface area contributed by atoms with E-state index in [9.17, 15) is 0 Å². The molecule has 0 aliphatic heterocycles. The second-order valence-electron chi connectivity index (χ2n) is 4.31. The number of aryl methyl sites for hydroxylation is 2. The van der Waals surface area contributed by atoms with Crippen LogP contribution in [-0.2, 0) is 6.54 Å². The number of hydrogen-bond donors (Lipinski definition) is 1. The van der Waals surface area contributed by atoms with Crippen molar-refractivity contribution in [1.82, 2.24) is 9.78 Å². The molecule has 0 amide bonds. The Morgan fingerprint density at radius 3 is 2.83 bits per heavy atom. The van der Waals surface area contributed by atoms with Gasteiger partial charge in [-0.2, -0.15) is 16.4 Å². The fraction of sp³-hybridized carbons (Fsp3) is 0.462. The van der Waals surface area contributed by atoms with Gasteiger partial charge in [0.2, 0.25) is 0 Å². The van der Waals surface area contributed by atoms with Gasteiger partial charge in [-0.3, -0.25) is 4.68 Å². The third kappa shape index (κ3) is 2.28. The number of nitrogens with zero attached hydrogens (tertiary/aromatic N) is 2. The average molecular weight is 265 g/mol. The van der Waals surface area contributed by atoms with Crippen LogP contribution in [0.2, 0.25) is 0 Å². The molecule has 2 N–H and O–H groups in total. The van der Waals surface area contributed by atoms with Crippen molar-refractivity contribution in [2.24, 2.45) is 5.73 Å². The molecule has 18 heavy (non-hydrogen) atoms. The van der Waals surface area contributed by atoms with E-state index in [1.54, 1.807) is 24.6 Å². The third-order valence-electron chi connectivity index (χ3n) is 3.03. The summed E-state index contributed by atoms with van der Waals surface area (Å²) in [6.45, 7) is 5.06. The molecule has 2 aromatic rings. The first kappa shape index (κ1) is 13.1. The highest BCUT2D eigenvalue weighted by molar-refractivity contribution is 7.08. The quantitative estimate of drug-likeness (QED) is 0.904. The van der Waals surface area contributed by atoms with Crippen LogP contribution in [0.3, 0.4) is 0 Å². The molecule has 0 aliphatic rings. The van der Waals surface area contributed by atoms with E-state index in [0.717, 1.165) is 30.0 Å². The number of ether oxygens (including phenoxy) is 1. The Kier molecular flexibility index (Phi) is 4.04. The molecular formula is C13H19N3OS. The van der Waals surface area contributed by atoms with Gasteiger partial charge in [0.25, 0.3) is 0 Å². The molecule has 0 radical (unpaired) electrons. The lowest BCUT2D eigenvalue weighted by Crippen LogP contribution is -2.18. The summed E-state index contributed by atoms with van der Waals surface area (Å²) in [6, 6.07) is -0.180. The van der Waals surface area contributed by atoms with Crippen molar-refractivity contribution in [3.63, 3.8) is 0 Å². The Balaban J connectivity index is 2.42. The minimum atomic E-state index is -0.180. The van der Waals surface area contributed by atoms with Crippen molar-refractivity contribution in [3.05, 3.63) is 33.8 Å². The van der Waals surface area contributed by atoms with Crippen molar-refractivity contribution in [1.29, 1.82) is 0 Å². The number of methoxy groups -OCH3 is 1. The van der Waals surface area contributed by atoms with Crippen LogP contribution in [-0.4, -0.2) is 16.9 Å². The molecule has 2 heterocycles. The van der Waals surface area contributed by atoms with Crippen molar-refractivity contribution >= 4 is 11.3 Å².